The topological polar surface area (TPSA) is 0 Å². The van der Waals surface area contributed by atoms with E-state index in [1.807, 2.05) is 6.42 Å². The van der Waals surface area contributed by atoms with E-state index >= 15 is 0 Å². The van der Waals surface area contributed by atoms with Gasteiger partial charge < -0.3 is 0 Å². The Morgan fingerprint density at radius 2 is 0.902 bits per heavy atom. The zero-order valence-electron chi connectivity index (χ0n) is 30.1. The van der Waals surface area contributed by atoms with E-state index in [1.165, 1.54) is 213 Å². The van der Waals surface area contributed by atoms with Crippen molar-refractivity contribution in [3.8, 4) is 0 Å². The van der Waals surface area contributed by atoms with Crippen LogP contribution in [0.25, 0.3) is 0 Å². The molecule has 0 heterocycles. The standard InChI is InChI=1S/C51H54/c1-10-2-14-21(10)28-22(14)29-32(28)35-33(29)34-31-24-16-5-15-23-30-27-19-6-20-40-45-26(25-17-3-12-8-46-7-11(1)39(46)44(25)49(12,17)46)18-4-13-9-47(40,50(13,18)45)51(19,20)43(27)38(30)42(23)48(15,16)41(24)37(31)36(34)35/h10-45H,1-9H2. The van der Waals surface area contributed by atoms with Crippen molar-refractivity contribution in [1.29, 1.82) is 0 Å². The molecule has 0 amide bonds. The molecule has 25 rings (SSSR count). The number of fused-ring (bicyclic) bond motifs is 14. The van der Waals surface area contributed by atoms with Gasteiger partial charge in [0.15, 0.2) is 0 Å². The molecule has 0 saturated heterocycles. The summed E-state index contributed by atoms with van der Waals surface area (Å²) in [6.07, 6.45) is 16.0. The second kappa shape index (κ2) is 5.13. The lowest BCUT2D eigenvalue weighted by atomic mass is 8.90. The van der Waals surface area contributed by atoms with Crippen molar-refractivity contribution in [2.75, 3.05) is 0 Å². The van der Waals surface area contributed by atoms with Gasteiger partial charge in [-0.3, -0.25) is 0 Å². The highest BCUT2D eigenvalue weighted by Gasteiger charge is 3.12. The van der Waals surface area contributed by atoms with Crippen LogP contribution in [0.5, 0.6) is 0 Å². The van der Waals surface area contributed by atoms with Crippen LogP contribution in [-0.4, -0.2) is 0 Å². The van der Waals surface area contributed by atoms with Crippen LogP contribution >= 0.6 is 0 Å². The summed E-state index contributed by atoms with van der Waals surface area (Å²) in [5.74, 6) is 47.0. The van der Waals surface area contributed by atoms with Gasteiger partial charge >= 0.3 is 0 Å². The highest BCUT2D eigenvalue weighted by atomic mass is 15.2. The Bertz CT molecular complexity index is 2220. The van der Waals surface area contributed by atoms with Crippen LogP contribution in [0.4, 0.5) is 0 Å². The van der Waals surface area contributed by atoms with Crippen LogP contribution in [0, 0.1) is 246 Å². The molecular weight excluding hydrogens is 613 g/mol. The zero-order valence-corrected chi connectivity index (χ0v) is 30.1. The summed E-state index contributed by atoms with van der Waals surface area (Å²) in [5.41, 5.74) is 6.04. The molecular formula is C51H54. The highest BCUT2D eigenvalue weighted by molar-refractivity contribution is 5.58. The smallest absolute Gasteiger partial charge is 0.0131 e. The van der Waals surface area contributed by atoms with Crippen molar-refractivity contribution in [2.24, 2.45) is 246 Å². The molecule has 0 nitrogen and oxygen atoms in total. The van der Waals surface area contributed by atoms with Crippen LogP contribution in [0.15, 0.2) is 0 Å². The predicted octanol–water partition coefficient (Wildman–Crippen LogP) is 7.94. The maximum absolute atomic E-state index is 1.82. The Balaban J connectivity index is 0.661. The summed E-state index contributed by atoms with van der Waals surface area (Å²) in [5, 5.41) is 0. The first-order valence-corrected chi connectivity index (χ1v) is 25.3. The van der Waals surface area contributed by atoms with E-state index in [-0.39, 0.29) is 0 Å². The van der Waals surface area contributed by atoms with Crippen LogP contribution in [-0.2, 0) is 0 Å². The van der Waals surface area contributed by atoms with Crippen LogP contribution in [0.3, 0.4) is 0 Å². The first-order valence-electron chi connectivity index (χ1n) is 25.3. The minimum Gasteiger partial charge on any atom is -0.0470 e. The van der Waals surface area contributed by atoms with Gasteiger partial charge in [0.1, 0.15) is 0 Å². The van der Waals surface area contributed by atoms with E-state index in [0.717, 1.165) is 32.5 Å². The quantitative estimate of drug-likeness (QED) is 0.246. The molecule has 25 fully saturated rings. The maximum Gasteiger partial charge on any atom is -0.0131 e. The monoisotopic (exact) mass is 666 g/mol. The Kier molecular flexibility index (Phi) is 2.28. The molecule has 42 atom stereocenters. The van der Waals surface area contributed by atoms with Gasteiger partial charge in [0.05, 0.1) is 0 Å². The Morgan fingerprint density at radius 1 is 0.294 bits per heavy atom. The number of hydrogen-bond acceptors (Lipinski definition) is 0. The zero-order chi connectivity index (χ0) is 30.1. The molecule has 25 aliphatic rings. The fourth-order valence-electron chi connectivity index (χ4n) is 35.9. The van der Waals surface area contributed by atoms with Gasteiger partial charge in [-0.05, 0) is 303 Å². The molecule has 0 aliphatic heterocycles. The van der Waals surface area contributed by atoms with Crippen LogP contribution in [0.2, 0.25) is 0 Å². The van der Waals surface area contributed by atoms with E-state index < -0.39 is 0 Å². The van der Waals surface area contributed by atoms with Crippen molar-refractivity contribution < 1.29 is 0 Å². The lowest BCUT2D eigenvalue weighted by Gasteiger charge is -3.14. The fourth-order valence-corrected chi connectivity index (χ4v) is 35.9. The largest absolute Gasteiger partial charge is 0.0470 e. The van der Waals surface area contributed by atoms with E-state index in [4.69, 9.17) is 0 Å². The van der Waals surface area contributed by atoms with Crippen molar-refractivity contribution in [3.63, 3.8) is 0 Å². The van der Waals surface area contributed by atoms with Gasteiger partial charge in [0.25, 0.3) is 0 Å². The fraction of sp³-hybridized carbons (Fsp3) is 1.00. The minimum atomic E-state index is 0.975. The molecule has 6 spiro atoms. The van der Waals surface area contributed by atoms with E-state index in [2.05, 4.69) is 0 Å². The van der Waals surface area contributed by atoms with E-state index in [1.54, 1.807) is 51.4 Å². The van der Waals surface area contributed by atoms with Gasteiger partial charge in [-0.15, -0.1) is 0 Å². The third-order valence-electron chi connectivity index (χ3n) is 33.9. The molecule has 51 heavy (non-hydrogen) atoms. The van der Waals surface area contributed by atoms with Gasteiger partial charge in [0.2, 0.25) is 0 Å². The van der Waals surface area contributed by atoms with Crippen molar-refractivity contribution in [3.05, 3.63) is 0 Å². The molecule has 42 unspecified atom stereocenters. The van der Waals surface area contributed by atoms with Crippen molar-refractivity contribution in [1.82, 2.24) is 0 Å². The first-order chi connectivity index (χ1) is 25.3. The molecule has 25 aliphatic carbocycles. The minimum absolute atomic E-state index is 0.975. The maximum atomic E-state index is 1.82. The summed E-state index contributed by atoms with van der Waals surface area (Å²) in [7, 11) is 0. The lowest BCUT2D eigenvalue weighted by Crippen LogP contribution is -3.10. The van der Waals surface area contributed by atoms with Crippen molar-refractivity contribution >= 4 is 0 Å². The molecule has 0 aromatic heterocycles. The molecule has 25 saturated carbocycles. The number of hydrogen-bond donors (Lipinski definition) is 0. The second-order valence-electron chi connectivity index (χ2n) is 29.2. The average molecular weight is 667 g/mol. The molecule has 0 radical (unpaired) electrons. The Hall–Kier alpha value is 0. The third-order valence-corrected chi connectivity index (χ3v) is 33.9. The Morgan fingerprint density at radius 3 is 1.73 bits per heavy atom. The molecule has 0 aromatic rings. The average Bonchev–Trinajstić information content (AvgIpc) is 3.02. The Labute approximate surface area is 302 Å². The van der Waals surface area contributed by atoms with Crippen LogP contribution < -0.4 is 0 Å². The SMILES string of the molecule is C1C2CC3C2C2C3C3C2C2C3C3C2C2C3C3C4CC5C6C7C(C6C45C23)C2C7C3CC4C5C6C(C7C8CC9CC%10%11CC1C%10C7C98%11)C1CC7CC5(C716)C342. The summed E-state index contributed by atoms with van der Waals surface area (Å²) in [6, 6.07) is 0. The lowest BCUT2D eigenvalue weighted by molar-refractivity contribution is -0.674. The molecule has 0 N–H and O–H groups in total. The van der Waals surface area contributed by atoms with E-state index in [0.29, 0.717) is 0 Å². The van der Waals surface area contributed by atoms with E-state index in [9.17, 15) is 0 Å². The van der Waals surface area contributed by atoms with Gasteiger partial charge in [-0.2, -0.15) is 0 Å². The van der Waals surface area contributed by atoms with Gasteiger partial charge in [-0.25, -0.2) is 0 Å². The summed E-state index contributed by atoms with van der Waals surface area (Å²) in [4.78, 5) is 0. The van der Waals surface area contributed by atoms with Crippen molar-refractivity contribution in [2.45, 2.75) is 57.8 Å². The van der Waals surface area contributed by atoms with Gasteiger partial charge in [0, 0.05) is 0 Å². The molecule has 0 heteroatoms. The molecule has 2 bridgehead atoms. The second-order valence-corrected chi connectivity index (χ2v) is 29.2. The summed E-state index contributed by atoms with van der Waals surface area (Å²) >= 11 is 0. The van der Waals surface area contributed by atoms with Crippen LogP contribution in [0.1, 0.15) is 57.8 Å². The first kappa shape index (κ1) is 22.7. The normalized spacial score (nSPS) is 103. The van der Waals surface area contributed by atoms with Gasteiger partial charge in [-0.1, -0.05) is 0 Å². The predicted molar refractivity (Wildman–Crippen MR) is 182 cm³/mol. The highest BCUT2D eigenvalue weighted by Crippen LogP contribution is 3.16. The third kappa shape index (κ3) is 1.18. The molecule has 0 aromatic carbocycles. The summed E-state index contributed by atoms with van der Waals surface area (Å²) < 4.78 is 0. The molecule has 258 valence electrons. The number of rotatable bonds is 0. The summed E-state index contributed by atoms with van der Waals surface area (Å²) in [6.45, 7) is 0.